The summed E-state index contributed by atoms with van der Waals surface area (Å²) in [5.41, 5.74) is 7.72. The molecule has 3 N–H and O–H groups in total. The van der Waals surface area contributed by atoms with E-state index >= 15 is 0 Å². The Morgan fingerprint density at radius 3 is 2.83 bits per heavy atom. The Morgan fingerprint density at radius 2 is 2.17 bits per heavy atom. The van der Waals surface area contributed by atoms with Gasteiger partial charge in [0.25, 0.3) is 0 Å². The molecule has 4 nitrogen and oxygen atoms in total. The van der Waals surface area contributed by atoms with E-state index < -0.39 is 0 Å². The van der Waals surface area contributed by atoms with Crippen LogP contribution in [0.15, 0.2) is 24.3 Å². The van der Waals surface area contributed by atoms with E-state index in [4.69, 9.17) is 5.73 Å². The number of hydrogen-bond donors (Lipinski definition) is 2. The lowest BCUT2D eigenvalue weighted by Crippen LogP contribution is -2.35. The summed E-state index contributed by atoms with van der Waals surface area (Å²) < 4.78 is 0. The number of carbonyl (C=O) groups excluding carboxylic acids is 1. The van der Waals surface area contributed by atoms with Crippen LogP contribution in [-0.4, -0.2) is 30.9 Å². The van der Waals surface area contributed by atoms with Crippen LogP contribution in [0.1, 0.15) is 18.4 Å². The molecule has 0 radical (unpaired) electrons. The largest absolute Gasteiger partial charge is 0.398 e. The third-order valence-corrected chi connectivity index (χ3v) is 3.19. The van der Waals surface area contributed by atoms with E-state index in [0.29, 0.717) is 13.1 Å². The number of nitrogen functional groups attached to an aromatic ring is 1. The van der Waals surface area contributed by atoms with Crippen LogP contribution in [-0.2, 0) is 11.3 Å². The number of nitrogens with two attached hydrogens (primary N) is 1. The quantitative estimate of drug-likeness (QED) is 0.743. The van der Waals surface area contributed by atoms with Crippen molar-refractivity contribution in [3.8, 4) is 0 Å². The molecule has 0 unspecified atom stereocenters. The molecule has 4 heteroatoms. The zero-order valence-corrected chi connectivity index (χ0v) is 10.9. The molecular weight excluding hydrogens is 226 g/mol. The molecule has 1 aromatic carbocycles. The number of nitrogens with zero attached hydrogens (tertiary/aromatic N) is 1. The van der Waals surface area contributed by atoms with Crippen molar-refractivity contribution in [1.82, 2.24) is 10.2 Å². The molecule has 0 bridgehead atoms. The van der Waals surface area contributed by atoms with E-state index in [-0.39, 0.29) is 5.91 Å². The van der Waals surface area contributed by atoms with Crippen LogP contribution in [0.5, 0.6) is 0 Å². The first kappa shape index (κ1) is 12.9. The van der Waals surface area contributed by atoms with Gasteiger partial charge in [0.05, 0.1) is 6.54 Å². The molecule has 1 fully saturated rings. The van der Waals surface area contributed by atoms with Crippen molar-refractivity contribution in [2.75, 3.05) is 25.9 Å². The molecule has 1 amide bonds. The van der Waals surface area contributed by atoms with Crippen LogP contribution in [0.4, 0.5) is 5.69 Å². The average Bonchev–Trinajstić information content (AvgIpc) is 3.13. The topological polar surface area (TPSA) is 58.4 Å². The standard InChI is InChI=1S/C14H21N3O/c1-17(9-12-4-2-3-5-13(12)15)10-14(18)16-8-11-6-7-11/h2-5,11H,6-10,15H2,1H3,(H,16,18). The van der Waals surface area contributed by atoms with Crippen LogP contribution in [0.2, 0.25) is 0 Å². The second-order valence-electron chi connectivity index (χ2n) is 5.12. The predicted molar refractivity (Wildman–Crippen MR) is 72.9 cm³/mol. The Morgan fingerprint density at radius 1 is 1.44 bits per heavy atom. The number of carbonyl (C=O) groups is 1. The number of nitrogens with one attached hydrogen (secondary N) is 1. The minimum atomic E-state index is 0.0962. The lowest BCUT2D eigenvalue weighted by Gasteiger charge is -2.17. The molecule has 0 saturated heterocycles. The maximum Gasteiger partial charge on any atom is 0.234 e. The van der Waals surface area contributed by atoms with Crippen LogP contribution in [0.3, 0.4) is 0 Å². The van der Waals surface area contributed by atoms with Gasteiger partial charge in [0, 0.05) is 18.8 Å². The van der Waals surface area contributed by atoms with Gasteiger partial charge in [0.2, 0.25) is 5.91 Å². The third kappa shape index (κ3) is 4.04. The van der Waals surface area contributed by atoms with E-state index in [0.717, 1.165) is 23.7 Å². The van der Waals surface area contributed by atoms with Gasteiger partial charge in [-0.05, 0) is 37.4 Å². The fourth-order valence-corrected chi connectivity index (χ4v) is 1.91. The van der Waals surface area contributed by atoms with Crippen molar-refractivity contribution in [2.45, 2.75) is 19.4 Å². The van der Waals surface area contributed by atoms with Gasteiger partial charge in [-0.2, -0.15) is 0 Å². The average molecular weight is 247 g/mol. The SMILES string of the molecule is CN(CC(=O)NCC1CC1)Cc1ccccc1N. The summed E-state index contributed by atoms with van der Waals surface area (Å²) in [6, 6.07) is 7.76. The van der Waals surface area contributed by atoms with Crippen LogP contribution >= 0.6 is 0 Å². The van der Waals surface area contributed by atoms with Crippen molar-refractivity contribution in [2.24, 2.45) is 5.92 Å². The first-order chi connectivity index (χ1) is 8.65. The molecule has 2 rings (SSSR count). The van der Waals surface area contributed by atoms with Crippen molar-refractivity contribution in [3.63, 3.8) is 0 Å². The van der Waals surface area contributed by atoms with Gasteiger partial charge in [-0.3, -0.25) is 9.69 Å². The van der Waals surface area contributed by atoms with Crippen LogP contribution in [0.25, 0.3) is 0 Å². The third-order valence-electron chi connectivity index (χ3n) is 3.19. The van der Waals surface area contributed by atoms with Gasteiger partial charge in [-0.15, -0.1) is 0 Å². The summed E-state index contributed by atoms with van der Waals surface area (Å²) in [4.78, 5) is 13.7. The second-order valence-corrected chi connectivity index (χ2v) is 5.12. The highest BCUT2D eigenvalue weighted by Gasteiger charge is 2.21. The molecule has 0 spiro atoms. The monoisotopic (exact) mass is 247 g/mol. The highest BCUT2D eigenvalue weighted by Crippen LogP contribution is 2.27. The molecule has 98 valence electrons. The number of amides is 1. The molecule has 0 aliphatic heterocycles. The Labute approximate surface area is 108 Å². The molecule has 0 heterocycles. The van der Waals surface area contributed by atoms with Gasteiger partial charge in [-0.1, -0.05) is 18.2 Å². The molecule has 0 aromatic heterocycles. The maximum absolute atomic E-state index is 11.7. The number of rotatable bonds is 6. The number of para-hydroxylation sites is 1. The van der Waals surface area contributed by atoms with E-state index in [9.17, 15) is 4.79 Å². The molecule has 1 aliphatic rings. The lowest BCUT2D eigenvalue weighted by molar-refractivity contribution is -0.122. The minimum Gasteiger partial charge on any atom is -0.398 e. The van der Waals surface area contributed by atoms with E-state index in [2.05, 4.69) is 5.32 Å². The number of hydrogen-bond acceptors (Lipinski definition) is 3. The van der Waals surface area contributed by atoms with Gasteiger partial charge >= 0.3 is 0 Å². The van der Waals surface area contributed by atoms with E-state index in [1.54, 1.807) is 0 Å². The number of benzene rings is 1. The predicted octanol–water partition coefficient (Wildman–Crippen LogP) is 1.23. The van der Waals surface area contributed by atoms with Gasteiger partial charge in [0.15, 0.2) is 0 Å². The van der Waals surface area contributed by atoms with E-state index in [1.165, 1.54) is 12.8 Å². The number of likely N-dealkylation sites (N-methyl/N-ethyl adjacent to an activating group) is 1. The normalized spacial score (nSPS) is 14.8. The van der Waals surface area contributed by atoms with Crippen molar-refractivity contribution in [3.05, 3.63) is 29.8 Å². The highest BCUT2D eigenvalue weighted by molar-refractivity contribution is 5.78. The molecule has 0 atom stereocenters. The van der Waals surface area contributed by atoms with Crippen molar-refractivity contribution in [1.29, 1.82) is 0 Å². The van der Waals surface area contributed by atoms with Crippen LogP contribution in [0, 0.1) is 5.92 Å². The lowest BCUT2D eigenvalue weighted by atomic mass is 10.2. The molecule has 18 heavy (non-hydrogen) atoms. The van der Waals surface area contributed by atoms with Gasteiger partial charge in [-0.25, -0.2) is 0 Å². The minimum absolute atomic E-state index is 0.0962. The van der Waals surface area contributed by atoms with Crippen molar-refractivity contribution < 1.29 is 4.79 Å². The summed E-state index contributed by atoms with van der Waals surface area (Å²) in [5.74, 6) is 0.822. The summed E-state index contributed by atoms with van der Waals surface area (Å²) in [5, 5.41) is 2.96. The van der Waals surface area contributed by atoms with E-state index in [1.807, 2.05) is 36.2 Å². The Bertz CT molecular complexity index is 415. The zero-order chi connectivity index (χ0) is 13.0. The molecular formula is C14H21N3O. The first-order valence-electron chi connectivity index (χ1n) is 6.44. The second kappa shape index (κ2) is 5.87. The summed E-state index contributed by atoms with van der Waals surface area (Å²) >= 11 is 0. The fraction of sp³-hybridized carbons (Fsp3) is 0.500. The number of anilines is 1. The van der Waals surface area contributed by atoms with Crippen LogP contribution < -0.4 is 11.1 Å². The molecule has 1 saturated carbocycles. The molecule has 1 aliphatic carbocycles. The van der Waals surface area contributed by atoms with Crippen molar-refractivity contribution >= 4 is 11.6 Å². The van der Waals surface area contributed by atoms with Gasteiger partial charge in [0.1, 0.15) is 0 Å². The van der Waals surface area contributed by atoms with Gasteiger partial charge < -0.3 is 11.1 Å². The smallest absolute Gasteiger partial charge is 0.234 e. The zero-order valence-electron chi connectivity index (χ0n) is 10.9. The summed E-state index contributed by atoms with van der Waals surface area (Å²) in [6.45, 7) is 1.95. The summed E-state index contributed by atoms with van der Waals surface area (Å²) in [6.07, 6.45) is 2.52. The summed E-state index contributed by atoms with van der Waals surface area (Å²) in [7, 11) is 1.93. The Hall–Kier alpha value is -1.55. The first-order valence-corrected chi connectivity index (χ1v) is 6.44. The maximum atomic E-state index is 11.7. The Balaban J connectivity index is 1.75. The molecule has 1 aromatic rings. The Kier molecular flexibility index (Phi) is 4.20. The highest BCUT2D eigenvalue weighted by atomic mass is 16.2. The fourth-order valence-electron chi connectivity index (χ4n) is 1.91.